The number of esters is 1. The highest BCUT2D eigenvalue weighted by Crippen LogP contribution is 2.15. The smallest absolute Gasteiger partial charge is 0.387 e. The number of halogens is 2. The molecule has 0 aliphatic carbocycles. The van der Waals surface area contributed by atoms with E-state index in [1.54, 1.807) is 0 Å². The zero-order valence-corrected chi connectivity index (χ0v) is 10.6. The van der Waals surface area contributed by atoms with Gasteiger partial charge in [-0.2, -0.15) is 8.78 Å². The van der Waals surface area contributed by atoms with Gasteiger partial charge in [-0.05, 0) is 30.7 Å². The van der Waals surface area contributed by atoms with Gasteiger partial charge in [0, 0.05) is 6.08 Å². The Balaban J connectivity index is 2.57. The highest BCUT2D eigenvalue weighted by Gasteiger charge is 2.12. The maximum atomic E-state index is 11.9. The van der Waals surface area contributed by atoms with E-state index in [0.29, 0.717) is 5.56 Å². The molecule has 0 aromatic heterocycles. The number of alkyl halides is 2. The molecular formula is C13H13F2NO4. The minimum Gasteiger partial charge on any atom is -0.449 e. The summed E-state index contributed by atoms with van der Waals surface area (Å²) in [5, 5.41) is 0. The van der Waals surface area contributed by atoms with Crippen molar-refractivity contribution in [2.75, 3.05) is 0 Å². The van der Waals surface area contributed by atoms with Crippen LogP contribution in [0.1, 0.15) is 12.5 Å². The molecule has 1 aromatic rings. The van der Waals surface area contributed by atoms with Crippen LogP contribution in [-0.2, 0) is 14.3 Å². The van der Waals surface area contributed by atoms with Crippen molar-refractivity contribution in [2.45, 2.75) is 19.6 Å². The van der Waals surface area contributed by atoms with Crippen molar-refractivity contribution in [3.05, 3.63) is 35.9 Å². The summed E-state index contributed by atoms with van der Waals surface area (Å²) in [6, 6.07) is 5.64. The summed E-state index contributed by atoms with van der Waals surface area (Å²) >= 11 is 0. The van der Waals surface area contributed by atoms with E-state index in [9.17, 15) is 18.4 Å². The van der Waals surface area contributed by atoms with Crippen LogP contribution >= 0.6 is 0 Å². The third kappa shape index (κ3) is 5.47. The molecule has 0 aliphatic heterocycles. The number of primary amides is 1. The monoisotopic (exact) mass is 285 g/mol. The van der Waals surface area contributed by atoms with E-state index in [2.05, 4.69) is 9.47 Å². The van der Waals surface area contributed by atoms with Gasteiger partial charge in [-0.15, -0.1) is 0 Å². The van der Waals surface area contributed by atoms with Crippen molar-refractivity contribution in [1.82, 2.24) is 0 Å². The van der Waals surface area contributed by atoms with E-state index in [1.807, 2.05) is 0 Å². The van der Waals surface area contributed by atoms with Gasteiger partial charge >= 0.3 is 12.6 Å². The van der Waals surface area contributed by atoms with Crippen LogP contribution in [0.15, 0.2) is 30.3 Å². The Morgan fingerprint density at radius 3 is 2.35 bits per heavy atom. The molecule has 7 heteroatoms. The molecule has 20 heavy (non-hydrogen) atoms. The second-order valence-corrected chi connectivity index (χ2v) is 3.76. The normalized spacial score (nSPS) is 12.4. The number of carbonyl (C=O) groups is 2. The molecule has 1 atom stereocenters. The van der Waals surface area contributed by atoms with Crippen molar-refractivity contribution in [1.29, 1.82) is 0 Å². The van der Waals surface area contributed by atoms with Gasteiger partial charge in [-0.3, -0.25) is 4.79 Å². The largest absolute Gasteiger partial charge is 0.449 e. The zero-order valence-electron chi connectivity index (χ0n) is 10.6. The van der Waals surface area contributed by atoms with Crippen molar-refractivity contribution < 1.29 is 27.8 Å². The predicted molar refractivity (Wildman–Crippen MR) is 66.9 cm³/mol. The highest BCUT2D eigenvalue weighted by molar-refractivity contribution is 5.89. The number of ether oxygens (including phenoxy) is 2. The lowest BCUT2D eigenvalue weighted by molar-refractivity contribution is -0.148. The molecule has 0 saturated heterocycles. The maximum Gasteiger partial charge on any atom is 0.387 e. The minimum atomic E-state index is -2.89. The Hall–Kier alpha value is -2.44. The molecule has 5 nitrogen and oxygen atoms in total. The SMILES string of the molecule is CC(OC(=O)/C=C/c1ccc(OC(F)F)cc1)C(N)=O. The maximum absolute atomic E-state index is 11.9. The molecule has 0 heterocycles. The summed E-state index contributed by atoms with van der Waals surface area (Å²) in [4.78, 5) is 22.0. The summed E-state index contributed by atoms with van der Waals surface area (Å²) in [5.74, 6) is -1.47. The van der Waals surface area contributed by atoms with Crippen molar-refractivity contribution in [3.8, 4) is 5.75 Å². The van der Waals surface area contributed by atoms with Crippen LogP contribution in [-0.4, -0.2) is 24.6 Å². The summed E-state index contributed by atoms with van der Waals surface area (Å²) in [6.45, 7) is -1.54. The van der Waals surface area contributed by atoms with Crippen molar-refractivity contribution in [2.24, 2.45) is 5.73 Å². The Labute approximate surface area is 114 Å². The van der Waals surface area contributed by atoms with Crippen LogP contribution in [0, 0.1) is 0 Å². The van der Waals surface area contributed by atoms with E-state index in [0.717, 1.165) is 6.08 Å². The first kappa shape index (κ1) is 15.6. The van der Waals surface area contributed by atoms with Crippen LogP contribution in [0.5, 0.6) is 5.75 Å². The number of rotatable bonds is 6. The molecular weight excluding hydrogens is 272 g/mol. The zero-order chi connectivity index (χ0) is 15.1. The van der Waals surface area contributed by atoms with Crippen LogP contribution in [0.2, 0.25) is 0 Å². The Morgan fingerprint density at radius 2 is 1.85 bits per heavy atom. The predicted octanol–water partition coefficient (Wildman–Crippen LogP) is 1.72. The molecule has 0 spiro atoms. The fourth-order valence-electron chi connectivity index (χ4n) is 1.20. The fraction of sp³-hybridized carbons (Fsp3) is 0.231. The average Bonchev–Trinajstić information content (AvgIpc) is 2.37. The fourth-order valence-corrected chi connectivity index (χ4v) is 1.20. The van der Waals surface area contributed by atoms with E-state index >= 15 is 0 Å². The first-order chi connectivity index (χ1) is 9.38. The van der Waals surface area contributed by atoms with Crippen LogP contribution in [0.4, 0.5) is 8.78 Å². The number of hydrogen-bond donors (Lipinski definition) is 1. The number of carbonyl (C=O) groups excluding carboxylic acids is 2. The van der Waals surface area contributed by atoms with Crippen molar-refractivity contribution in [3.63, 3.8) is 0 Å². The Morgan fingerprint density at radius 1 is 1.25 bits per heavy atom. The minimum absolute atomic E-state index is 0.0158. The van der Waals surface area contributed by atoms with Gasteiger partial charge in [-0.25, -0.2) is 4.79 Å². The lowest BCUT2D eigenvalue weighted by atomic mass is 10.2. The molecule has 0 aliphatic rings. The highest BCUT2D eigenvalue weighted by atomic mass is 19.3. The quantitative estimate of drug-likeness (QED) is 0.637. The molecule has 0 fully saturated rings. The van der Waals surface area contributed by atoms with Crippen LogP contribution < -0.4 is 10.5 Å². The third-order valence-corrected chi connectivity index (χ3v) is 2.21. The van der Waals surface area contributed by atoms with Crippen LogP contribution in [0.3, 0.4) is 0 Å². The molecule has 2 N–H and O–H groups in total. The molecule has 1 unspecified atom stereocenters. The second-order valence-electron chi connectivity index (χ2n) is 3.76. The lowest BCUT2D eigenvalue weighted by Crippen LogP contribution is -2.29. The van der Waals surface area contributed by atoms with Crippen LogP contribution in [0.25, 0.3) is 6.08 Å². The summed E-state index contributed by atoms with van der Waals surface area (Å²) < 4.78 is 32.7. The molecule has 1 rings (SSSR count). The average molecular weight is 285 g/mol. The molecule has 1 aromatic carbocycles. The number of benzene rings is 1. The van der Waals surface area contributed by atoms with Gasteiger partial charge in [0.2, 0.25) is 0 Å². The third-order valence-electron chi connectivity index (χ3n) is 2.21. The van der Waals surface area contributed by atoms with E-state index < -0.39 is 24.6 Å². The van der Waals surface area contributed by atoms with Gasteiger partial charge in [0.05, 0.1) is 0 Å². The second kappa shape index (κ2) is 7.22. The molecule has 0 saturated carbocycles. The molecule has 1 amide bonds. The summed E-state index contributed by atoms with van der Waals surface area (Å²) in [7, 11) is 0. The van der Waals surface area contributed by atoms with E-state index in [1.165, 1.54) is 37.3 Å². The molecule has 108 valence electrons. The van der Waals surface area contributed by atoms with E-state index in [-0.39, 0.29) is 5.75 Å². The number of hydrogen-bond acceptors (Lipinski definition) is 4. The number of amides is 1. The van der Waals surface area contributed by atoms with Gasteiger partial charge < -0.3 is 15.2 Å². The van der Waals surface area contributed by atoms with Gasteiger partial charge in [0.25, 0.3) is 5.91 Å². The van der Waals surface area contributed by atoms with Gasteiger partial charge in [-0.1, -0.05) is 12.1 Å². The lowest BCUT2D eigenvalue weighted by Gasteiger charge is -2.06. The standard InChI is InChI=1S/C13H13F2NO4/c1-8(12(16)18)19-11(17)7-4-9-2-5-10(6-3-9)20-13(14)15/h2-8,13H,1H3,(H2,16,18)/b7-4+. The van der Waals surface area contributed by atoms with Gasteiger partial charge in [0.15, 0.2) is 6.10 Å². The first-order valence-electron chi connectivity index (χ1n) is 5.61. The van der Waals surface area contributed by atoms with Crippen molar-refractivity contribution >= 4 is 18.0 Å². The first-order valence-corrected chi connectivity index (χ1v) is 5.61. The topological polar surface area (TPSA) is 78.6 Å². The Bertz CT molecular complexity index is 500. The Kier molecular flexibility index (Phi) is 5.64. The molecule has 0 radical (unpaired) electrons. The summed E-state index contributed by atoms with van der Waals surface area (Å²) in [5.41, 5.74) is 5.51. The summed E-state index contributed by atoms with van der Waals surface area (Å²) in [6.07, 6.45) is 1.49. The number of nitrogens with two attached hydrogens (primary N) is 1. The van der Waals surface area contributed by atoms with E-state index in [4.69, 9.17) is 5.73 Å². The van der Waals surface area contributed by atoms with Gasteiger partial charge in [0.1, 0.15) is 5.75 Å². The molecule has 0 bridgehead atoms.